The summed E-state index contributed by atoms with van der Waals surface area (Å²) < 4.78 is 95.7. The first kappa shape index (κ1) is 29.4. The van der Waals surface area contributed by atoms with Crippen molar-refractivity contribution >= 4 is 11.9 Å². The van der Waals surface area contributed by atoms with Crippen LogP contribution in [0.3, 0.4) is 0 Å². The minimum absolute atomic E-state index is 0.0713. The summed E-state index contributed by atoms with van der Waals surface area (Å²) >= 11 is 0. The molecule has 1 rings (SSSR count). The van der Waals surface area contributed by atoms with Crippen molar-refractivity contribution in [3.8, 4) is 5.75 Å². The van der Waals surface area contributed by atoms with Crippen LogP contribution in [0, 0.1) is 29.1 Å². The standard InChI is InChI=1S/C21H25F5O8/c1-13(2)21(28)33-12-11-32-10-9-31-8-7-30-6-5-29-4-3-14(27)34-20-18(25)16(23)15(22)17(24)19(20)26/h1,3-12H2,2H3. The minimum atomic E-state index is -2.35. The third-order valence-corrected chi connectivity index (χ3v) is 3.76. The number of benzene rings is 1. The lowest BCUT2D eigenvalue weighted by molar-refractivity contribution is -0.140. The summed E-state index contributed by atoms with van der Waals surface area (Å²) in [6.45, 7) is 6.46. The molecule has 0 saturated carbocycles. The molecule has 0 unspecified atom stereocenters. The maximum absolute atomic E-state index is 13.4. The maximum Gasteiger partial charge on any atom is 0.333 e. The number of hydrogen-bond donors (Lipinski definition) is 0. The van der Waals surface area contributed by atoms with Crippen molar-refractivity contribution in [3.63, 3.8) is 0 Å². The SMILES string of the molecule is C=C(C)C(=O)OCCOCCOCCOCCOCCC(=O)Oc1c(F)c(F)c(F)c(F)c1F. The van der Waals surface area contributed by atoms with Crippen LogP contribution in [0.2, 0.25) is 0 Å². The fraction of sp³-hybridized carbons (Fsp3) is 0.524. The zero-order chi connectivity index (χ0) is 25.5. The molecule has 34 heavy (non-hydrogen) atoms. The summed E-state index contributed by atoms with van der Waals surface area (Å²) in [6, 6.07) is 0. The van der Waals surface area contributed by atoms with E-state index in [1.165, 1.54) is 0 Å². The van der Waals surface area contributed by atoms with Gasteiger partial charge in [-0.3, -0.25) is 4.79 Å². The van der Waals surface area contributed by atoms with Crippen molar-refractivity contribution in [3.05, 3.63) is 41.2 Å². The molecule has 192 valence electrons. The smallest absolute Gasteiger partial charge is 0.333 e. The van der Waals surface area contributed by atoms with Crippen LogP contribution in [0.1, 0.15) is 13.3 Å². The normalized spacial score (nSPS) is 10.9. The van der Waals surface area contributed by atoms with Gasteiger partial charge in [0.25, 0.3) is 0 Å². The van der Waals surface area contributed by atoms with E-state index >= 15 is 0 Å². The van der Waals surface area contributed by atoms with E-state index in [2.05, 4.69) is 11.3 Å². The van der Waals surface area contributed by atoms with Gasteiger partial charge in [-0.1, -0.05) is 6.58 Å². The molecule has 0 aliphatic heterocycles. The molecule has 13 heteroatoms. The van der Waals surface area contributed by atoms with Gasteiger partial charge in [0.1, 0.15) is 6.61 Å². The van der Waals surface area contributed by atoms with Crippen LogP contribution in [-0.4, -0.2) is 71.4 Å². The van der Waals surface area contributed by atoms with Crippen LogP contribution in [0.25, 0.3) is 0 Å². The van der Waals surface area contributed by atoms with Gasteiger partial charge in [-0.05, 0) is 6.92 Å². The Morgan fingerprint density at radius 1 is 0.647 bits per heavy atom. The molecule has 0 N–H and O–H groups in total. The predicted octanol–water partition coefficient (Wildman–Crippen LogP) is 2.86. The molecule has 0 atom stereocenters. The highest BCUT2D eigenvalue weighted by molar-refractivity contribution is 5.86. The average Bonchev–Trinajstić information content (AvgIpc) is 2.81. The molecule has 1 aromatic rings. The summed E-state index contributed by atoms with van der Waals surface area (Å²) in [5.74, 6) is -14.6. The van der Waals surface area contributed by atoms with E-state index in [1.807, 2.05) is 0 Å². The third-order valence-electron chi connectivity index (χ3n) is 3.76. The van der Waals surface area contributed by atoms with Crippen LogP contribution in [-0.2, 0) is 33.3 Å². The zero-order valence-electron chi connectivity index (χ0n) is 18.4. The van der Waals surface area contributed by atoms with Crippen LogP contribution < -0.4 is 4.74 Å². The maximum atomic E-state index is 13.4. The monoisotopic (exact) mass is 500 g/mol. The van der Waals surface area contributed by atoms with Crippen molar-refractivity contribution in [2.45, 2.75) is 13.3 Å². The van der Waals surface area contributed by atoms with Crippen LogP contribution in [0.5, 0.6) is 5.75 Å². The van der Waals surface area contributed by atoms with E-state index in [0.29, 0.717) is 18.8 Å². The predicted molar refractivity (Wildman–Crippen MR) is 106 cm³/mol. The van der Waals surface area contributed by atoms with Gasteiger partial charge in [-0.2, -0.15) is 8.78 Å². The Bertz CT molecular complexity index is 805. The highest BCUT2D eigenvalue weighted by atomic mass is 19.2. The topological polar surface area (TPSA) is 89.5 Å². The van der Waals surface area contributed by atoms with E-state index in [1.54, 1.807) is 6.92 Å². The number of rotatable bonds is 17. The molecule has 0 amide bonds. The lowest BCUT2D eigenvalue weighted by atomic mass is 10.2. The number of carbonyl (C=O) groups is 2. The van der Waals surface area contributed by atoms with Crippen molar-refractivity contribution in [1.82, 2.24) is 0 Å². The lowest BCUT2D eigenvalue weighted by Gasteiger charge is -2.09. The second-order valence-corrected chi connectivity index (χ2v) is 6.49. The number of halogens is 5. The summed E-state index contributed by atoms with van der Waals surface area (Å²) in [7, 11) is 0. The molecule has 0 aliphatic rings. The highest BCUT2D eigenvalue weighted by Gasteiger charge is 2.28. The van der Waals surface area contributed by atoms with Gasteiger partial charge in [-0.25, -0.2) is 18.0 Å². The first-order chi connectivity index (χ1) is 16.2. The quantitative estimate of drug-likeness (QED) is 0.0614. The van der Waals surface area contributed by atoms with E-state index in [0.717, 1.165) is 0 Å². The van der Waals surface area contributed by atoms with E-state index in [9.17, 15) is 31.5 Å². The van der Waals surface area contributed by atoms with Crippen molar-refractivity contribution in [2.75, 3.05) is 59.5 Å². The van der Waals surface area contributed by atoms with Crippen LogP contribution in [0.15, 0.2) is 12.2 Å². The van der Waals surface area contributed by atoms with Gasteiger partial charge in [0.15, 0.2) is 0 Å². The average molecular weight is 500 g/mol. The van der Waals surface area contributed by atoms with Gasteiger partial charge in [0.2, 0.25) is 34.8 Å². The Labute approximate surface area is 192 Å². The molecular weight excluding hydrogens is 475 g/mol. The third kappa shape index (κ3) is 10.5. The molecule has 0 heterocycles. The molecule has 0 bridgehead atoms. The second kappa shape index (κ2) is 16.1. The Kier molecular flexibility index (Phi) is 13.9. The molecule has 0 saturated heterocycles. The van der Waals surface area contributed by atoms with Gasteiger partial charge >= 0.3 is 11.9 Å². The molecule has 0 radical (unpaired) electrons. The Balaban J connectivity index is 2.01. The lowest BCUT2D eigenvalue weighted by Crippen LogP contribution is -2.16. The van der Waals surface area contributed by atoms with Gasteiger partial charge < -0.3 is 28.4 Å². The molecule has 0 aromatic heterocycles. The van der Waals surface area contributed by atoms with Crippen molar-refractivity contribution in [1.29, 1.82) is 0 Å². The van der Waals surface area contributed by atoms with E-state index < -0.39 is 53.2 Å². The van der Waals surface area contributed by atoms with E-state index in [-0.39, 0.29) is 46.2 Å². The summed E-state index contributed by atoms with van der Waals surface area (Å²) in [4.78, 5) is 22.6. The Morgan fingerprint density at radius 2 is 1.03 bits per heavy atom. The fourth-order valence-corrected chi connectivity index (χ4v) is 2.07. The summed E-state index contributed by atoms with van der Waals surface area (Å²) in [5.41, 5.74) is 0.307. The Morgan fingerprint density at radius 3 is 1.47 bits per heavy atom. The summed E-state index contributed by atoms with van der Waals surface area (Å²) in [6.07, 6.45) is -0.491. The molecule has 1 aromatic carbocycles. The zero-order valence-corrected chi connectivity index (χ0v) is 18.4. The van der Waals surface area contributed by atoms with Gasteiger partial charge in [-0.15, -0.1) is 0 Å². The first-order valence-electron chi connectivity index (χ1n) is 10.0. The first-order valence-corrected chi connectivity index (χ1v) is 10.0. The van der Waals surface area contributed by atoms with Crippen molar-refractivity contribution < 1.29 is 60.0 Å². The number of carbonyl (C=O) groups excluding carboxylic acids is 2. The molecule has 8 nitrogen and oxygen atoms in total. The van der Waals surface area contributed by atoms with E-state index in [4.69, 9.17) is 23.7 Å². The fourth-order valence-electron chi connectivity index (χ4n) is 2.07. The largest absolute Gasteiger partial charge is 0.460 e. The Hall–Kier alpha value is -2.61. The number of esters is 2. The van der Waals surface area contributed by atoms with Gasteiger partial charge in [0, 0.05) is 5.57 Å². The van der Waals surface area contributed by atoms with Crippen LogP contribution >= 0.6 is 0 Å². The number of ether oxygens (including phenoxy) is 6. The number of hydrogen-bond acceptors (Lipinski definition) is 8. The molecule has 0 spiro atoms. The minimum Gasteiger partial charge on any atom is -0.460 e. The van der Waals surface area contributed by atoms with Gasteiger partial charge in [0.05, 0.1) is 59.3 Å². The molecule has 0 aliphatic carbocycles. The van der Waals surface area contributed by atoms with Crippen molar-refractivity contribution in [2.24, 2.45) is 0 Å². The summed E-state index contributed by atoms with van der Waals surface area (Å²) in [5, 5.41) is 0. The highest BCUT2D eigenvalue weighted by Crippen LogP contribution is 2.29. The van der Waals surface area contributed by atoms with Crippen LogP contribution in [0.4, 0.5) is 22.0 Å². The molecule has 0 fully saturated rings. The second-order valence-electron chi connectivity index (χ2n) is 6.49. The molecular formula is C21H25F5O8.